The van der Waals surface area contributed by atoms with Gasteiger partial charge >= 0.3 is 0 Å². The second-order valence-electron chi connectivity index (χ2n) is 7.85. The zero-order valence-corrected chi connectivity index (χ0v) is 12.8. The van der Waals surface area contributed by atoms with Gasteiger partial charge in [-0.1, -0.05) is 27.7 Å². The Morgan fingerprint density at radius 2 is 1.83 bits per heavy atom. The van der Waals surface area contributed by atoms with E-state index in [1.54, 1.807) is 0 Å². The lowest BCUT2D eigenvalue weighted by molar-refractivity contribution is 0.0452. The highest BCUT2D eigenvalue weighted by molar-refractivity contribution is 4.93. The van der Waals surface area contributed by atoms with E-state index >= 15 is 0 Å². The van der Waals surface area contributed by atoms with Gasteiger partial charge in [-0.05, 0) is 55.9 Å². The molecule has 0 radical (unpaired) electrons. The molecule has 106 valence electrons. The molecule has 1 saturated carbocycles. The van der Waals surface area contributed by atoms with Gasteiger partial charge in [-0.25, -0.2) is 0 Å². The summed E-state index contributed by atoms with van der Waals surface area (Å²) in [6, 6.07) is 1.06. The lowest BCUT2D eigenvalue weighted by Crippen LogP contribution is -2.54. The molecule has 0 aromatic carbocycles. The molecule has 2 heteroatoms. The van der Waals surface area contributed by atoms with Crippen LogP contribution in [-0.2, 0) is 0 Å². The Labute approximate surface area is 113 Å². The molecule has 0 spiro atoms. The number of rotatable bonds is 1. The standard InChI is InChI=1S/C16H32N2/c1-12-6-5-9-18(11-12)15-10-13(16(2,3)4)7-8-14(15)17/h12-15H,5-11,17H2,1-4H3. The summed E-state index contributed by atoms with van der Waals surface area (Å²) < 4.78 is 0. The third-order valence-corrected chi connectivity index (χ3v) is 5.25. The normalized spacial score (nSPS) is 39.8. The summed E-state index contributed by atoms with van der Waals surface area (Å²) >= 11 is 0. The maximum Gasteiger partial charge on any atom is 0.0250 e. The average Bonchev–Trinajstić information content (AvgIpc) is 2.28. The third-order valence-electron chi connectivity index (χ3n) is 5.25. The Bertz CT molecular complexity index is 269. The molecule has 4 atom stereocenters. The number of nitrogens with zero attached hydrogens (tertiary/aromatic N) is 1. The quantitative estimate of drug-likeness (QED) is 0.776. The van der Waals surface area contributed by atoms with Gasteiger partial charge in [-0.2, -0.15) is 0 Å². The van der Waals surface area contributed by atoms with Crippen LogP contribution in [0.2, 0.25) is 0 Å². The molecule has 1 aliphatic carbocycles. The fourth-order valence-corrected chi connectivity index (χ4v) is 3.90. The van der Waals surface area contributed by atoms with Crippen LogP contribution >= 0.6 is 0 Å². The van der Waals surface area contributed by atoms with Crippen molar-refractivity contribution in [2.24, 2.45) is 23.0 Å². The molecule has 2 rings (SSSR count). The largest absolute Gasteiger partial charge is 0.326 e. The summed E-state index contributed by atoms with van der Waals surface area (Å²) in [6.45, 7) is 12.1. The first kappa shape index (κ1) is 14.3. The van der Waals surface area contributed by atoms with Crippen LogP contribution in [0.1, 0.15) is 59.8 Å². The summed E-state index contributed by atoms with van der Waals surface area (Å²) in [6.07, 6.45) is 6.63. The minimum atomic E-state index is 0.411. The molecule has 2 fully saturated rings. The third kappa shape index (κ3) is 3.27. The number of nitrogens with two attached hydrogens (primary N) is 1. The van der Waals surface area contributed by atoms with Gasteiger partial charge in [0.05, 0.1) is 0 Å². The fraction of sp³-hybridized carbons (Fsp3) is 1.00. The molecule has 2 aliphatic rings. The Kier molecular flexibility index (Phi) is 4.38. The van der Waals surface area contributed by atoms with E-state index in [9.17, 15) is 0 Å². The first-order valence-corrected chi connectivity index (χ1v) is 7.87. The van der Waals surface area contributed by atoms with Crippen molar-refractivity contribution in [1.82, 2.24) is 4.90 Å². The number of piperidine rings is 1. The molecular formula is C16H32N2. The molecule has 1 saturated heterocycles. The topological polar surface area (TPSA) is 29.3 Å². The van der Waals surface area contributed by atoms with E-state index in [0.29, 0.717) is 17.5 Å². The van der Waals surface area contributed by atoms with Crippen LogP contribution in [0.25, 0.3) is 0 Å². The summed E-state index contributed by atoms with van der Waals surface area (Å²) in [4.78, 5) is 2.71. The van der Waals surface area contributed by atoms with E-state index in [1.807, 2.05) is 0 Å². The van der Waals surface area contributed by atoms with Crippen molar-refractivity contribution in [3.8, 4) is 0 Å². The van der Waals surface area contributed by atoms with Crippen LogP contribution in [0.4, 0.5) is 0 Å². The van der Waals surface area contributed by atoms with Crippen molar-refractivity contribution >= 4 is 0 Å². The molecule has 0 aromatic rings. The molecule has 4 unspecified atom stereocenters. The highest BCUT2D eigenvalue weighted by atomic mass is 15.2. The van der Waals surface area contributed by atoms with Gasteiger partial charge in [0.25, 0.3) is 0 Å². The molecule has 1 aliphatic heterocycles. The molecule has 1 heterocycles. The Morgan fingerprint density at radius 1 is 1.11 bits per heavy atom. The molecule has 2 nitrogen and oxygen atoms in total. The smallest absolute Gasteiger partial charge is 0.0250 e. The lowest BCUT2D eigenvalue weighted by atomic mass is 9.69. The minimum absolute atomic E-state index is 0.411. The highest BCUT2D eigenvalue weighted by Gasteiger charge is 2.37. The first-order valence-electron chi connectivity index (χ1n) is 7.87. The maximum absolute atomic E-state index is 6.42. The van der Waals surface area contributed by atoms with Crippen LogP contribution in [0, 0.1) is 17.3 Å². The van der Waals surface area contributed by atoms with Gasteiger partial charge in [0.1, 0.15) is 0 Å². The second kappa shape index (κ2) is 5.50. The molecular weight excluding hydrogens is 220 g/mol. The summed E-state index contributed by atoms with van der Waals surface area (Å²) in [7, 11) is 0. The van der Waals surface area contributed by atoms with Crippen LogP contribution in [0.3, 0.4) is 0 Å². The van der Waals surface area contributed by atoms with Crippen molar-refractivity contribution in [2.45, 2.75) is 71.9 Å². The average molecular weight is 252 g/mol. The molecule has 0 aromatic heterocycles. The van der Waals surface area contributed by atoms with Crippen molar-refractivity contribution in [3.05, 3.63) is 0 Å². The lowest BCUT2D eigenvalue weighted by Gasteiger charge is -2.47. The first-order chi connectivity index (χ1) is 8.38. The van der Waals surface area contributed by atoms with Gasteiger partial charge in [0, 0.05) is 18.6 Å². The van der Waals surface area contributed by atoms with Gasteiger partial charge in [0.2, 0.25) is 0 Å². The molecule has 2 N–H and O–H groups in total. The zero-order valence-electron chi connectivity index (χ0n) is 12.8. The monoisotopic (exact) mass is 252 g/mol. The van der Waals surface area contributed by atoms with Crippen molar-refractivity contribution in [3.63, 3.8) is 0 Å². The van der Waals surface area contributed by atoms with Gasteiger partial charge in [-0.3, -0.25) is 4.90 Å². The Morgan fingerprint density at radius 3 is 2.44 bits per heavy atom. The van der Waals surface area contributed by atoms with E-state index in [1.165, 1.54) is 45.2 Å². The van der Waals surface area contributed by atoms with E-state index < -0.39 is 0 Å². The second-order valence-corrected chi connectivity index (χ2v) is 7.85. The minimum Gasteiger partial charge on any atom is -0.326 e. The van der Waals surface area contributed by atoms with Crippen molar-refractivity contribution in [2.75, 3.05) is 13.1 Å². The van der Waals surface area contributed by atoms with Gasteiger partial charge in [0.15, 0.2) is 0 Å². The van der Waals surface area contributed by atoms with Crippen molar-refractivity contribution in [1.29, 1.82) is 0 Å². The van der Waals surface area contributed by atoms with E-state index in [2.05, 4.69) is 32.6 Å². The number of hydrogen-bond acceptors (Lipinski definition) is 2. The highest BCUT2D eigenvalue weighted by Crippen LogP contribution is 2.39. The predicted octanol–water partition coefficient (Wildman–Crippen LogP) is 3.26. The molecule has 0 bridgehead atoms. The maximum atomic E-state index is 6.42. The zero-order chi connectivity index (χ0) is 13.3. The number of likely N-dealkylation sites (tertiary alicyclic amines) is 1. The molecule has 18 heavy (non-hydrogen) atoms. The fourth-order valence-electron chi connectivity index (χ4n) is 3.90. The summed E-state index contributed by atoms with van der Waals surface area (Å²) in [5, 5.41) is 0. The van der Waals surface area contributed by atoms with E-state index in [-0.39, 0.29) is 0 Å². The van der Waals surface area contributed by atoms with Crippen LogP contribution in [0.5, 0.6) is 0 Å². The van der Waals surface area contributed by atoms with Gasteiger partial charge in [-0.15, -0.1) is 0 Å². The van der Waals surface area contributed by atoms with Gasteiger partial charge < -0.3 is 5.73 Å². The predicted molar refractivity (Wildman–Crippen MR) is 78.5 cm³/mol. The summed E-state index contributed by atoms with van der Waals surface area (Å²) in [5.74, 6) is 1.71. The van der Waals surface area contributed by atoms with E-state index in [0.717, 1.165) is 11.8 Å². The Balaban J connectivity index is 2.01. The SMILES string of the molecule is CC1CCCN(C2CC(C(C)(C)C)CCC2N)C1. The van der Waals surface area contributed by atoms with Crippen LogP contribution in [0.15, 0.2) is 0 Å². The van der Waals surface area contributed by atoms with Crippen LogP contribution in [-0.4, -0.2) is 30.1 Å². The van der Waals surface area contributed by atoms with Crippen molar-refractivity contribution < 1.29 is 0 Å². The number of hydrogen-bond donors (Lipinski definition) is 1. The van der Waals surface area contributed by atoms with Crippen LogP contribution < -0.4 is 5.73 Å². The summed E-state index contributed by atoms with van der Waals surface area (Å²) in [5.41, 5.74) is 6.86. The molecule has 0 amide bonds. The Hall–Kier alpha value is -0.0800. The van der Waals surface area contributed by atoms with E-state index in [4.69, 9.17) is 5.73 Å².